The van der Waals surface area contributed by atoms with Gasteiger partial charge in [-0.05, 0) is 102 Å². The monoisotopic (exact) mass is 1630 g/mol. The Morgan fingerprint density at radius 2 is 0.802 bits per heavy atom. The van der Waals surface area contributed by atoms with Crippen LogP contribution >= 0.6 is 0 Å². The van der Waals surface area contributed by atoms with Crippen LogP contribution in [-0.4, -0.2) is 244 Å². The fraction of sp³-hybridized carbons (Fsp3) is 0.625. The highest BCUT2D eigenvalue weighted by Crippen LogP contribution is 2.24. The molecule has 36 nitrogen and oxygen atoms in total. The number of guanidine groups is 2. The lowest BCUT2D eigenvalue weighted by molar-refractivity contribution is -0.193. The lowest BCUT2D eigenvalue weighted by atomic mass is 9.88. The highest BCUT2D eigenvalue weighted by atomic mass is 16.4. The minimum Gasteiger partial charge on any atom is -0.481 e. The van der Waals surface area contributed by atoms with Gasteiger partial charge < -0.3 is 74.6 Å². The number of benzene rings is 2. The number of hydrogen-bond acceptors (Lipinski definition) is 23. The molecular formula is C80H121N13O23. The summed E-state index contributed by atoms with van der Waals surface area (Å²) in [6, 6.07) is 13.9. The standard InChI is InChI=1S/C78H121N13O19.2CO2/c1-89-39-41-90(43-44-91(42-40-89)53-72(103)104)52-61(93)31-18-9-14-27-56(75(107)108)47-65(94)62(32-20-37-84-77(79)80)88-74(106)59(51-71(101)102)49-66(95)63(33-21-38-85-78(81)82)87-73(105)58(45-54-23-10-6-11-24-54)48-67(96)64(46-55-25-12-7-13-26-55)86-68(97)34-19-5-3-2-4-16-29-60(92)30-17-8-15-28-57(76(109)110)50-69(98)83-36-22-35-70(99)100;2*2-1-3/h6-7,10-13,23-26,56-59,62-64H,2-5,8-9,14-22,27-53H2,1H3,(H,83,98)(H,86,97)(H,87,105)(H,88,106)(H,99,100)(H,101,102)(H,103,104)(H,107,108)(H,109,110)(H4,79,80,84)(H4,81,82,85);;/t56-,57-,58-,59+,62+,63+,64+;;/m1../s1. The van der Waals surface area contributed by atoms with Crippen LogP contribution in [0.3, 0.4) is 0 Å². The highest BCUT2D eigenvalue weighted by Gasteiger charge is 2.36. The maximum absolute atomic E-state index is 14.9. The molecule has 0 radical (unpaired) electrons. The van der Waals surface area contributed by atoms with Crippen molar-refractivity contribution in [3.8, 4) is 0 Å². The van der Waals surface area contributed by atoms with Crippen molar-refractivity contribution < 1.29 is 112 Å². The van der Waals surface area contributed by atoms with Crippen molar-refractivity contribution in [2.24, 2.45) is 56.6 Å². The van der Waals surface area contributed by atoms with E-state index in [0.717, 1.165) is 24.8 Å². The van der Waals surface area contributed by atoms with E-state index in [0.29, 0.717) is 115 Å². The maximum atomic E-state index is 14.9. The number of aliphatic carboxylic acids is 5. The molecule has 0 aromatic heterocycles. The second-order valence-electron chi connectivity index (χ2n) is 29.0. The Morgan fingerprint density at radius 1 is 0.397 bits per heavy atom. The number of hydrogen-bond donors (Lipinski definition) is 13. The van der Waals surface area contributed by atoms with Gasteiger partial charge in [-0.2, -0.15) is 19.2 Å². The molecule has 17 N–H and O–H groups in total. The smallest absolute Gasteiger partial charge is 0.373 e. The number of nitrogens with one attached hydrogen (secondary N) is 4. The lowest BCUT2D eigenvalue weighted by Gasteiger charge is -2.26. The van der Waals surface area contributed by atoms with Crippen molar-refractivity contribution in [3.05, 3.63) is 71.8 Å². The minimum absolute atomic E-state index is 0.000252. The molecule has 1 aliphatic rings. The molecule has 644 valence electrons. The van der Waals surface area contributed by atoms with Gasteiger partial charge in [0.2, 0.25) is 23.6 Å². The zero-order valence-corrected chi connectivity index (χ0v) is 66.6. The average molecular weight is 1630 g/mol. The van der Waals surface area contributed by atoms with Crippen LogP contribution in [-0.2, 0) is 99.1 Å². The predicted octanol–water partition coefficient (Wildman–Crippen LogP) is 3.02. The van der Waals surface area contributed by atoms with Crippen LogP contribution in [0.15, 0.2) is 70.6 Å². The van der Waals surface area contributed by atoms with Gasteiger partial charge in [0, 0.05) is 123 Å². The normalized spacial score (nSPS) is 14.1. The molecule has 0 spiro atoms. The highest BCUT2D eigenvalue weighted by molar-refractivity contribution is 5.98. The van der Waals surface area contributed by atoms with Crippen molar-refractivity contribution >= 4 is 107 Å². The predicted molar refractivity (Wildman–Crippen MR) is 422 cm³/mol. The van der Waals surface area contributed by atoms with Crippen molar-refractivity contribution in [1.29, 1.82) is 0 Å². The molecule has 1 fully saturated rings. The number of ketones is 5. The Morgan fingerprint density at radius 3 is 1.27 bits per heavy atom. The van der Waals surface area contributed by atoms with Gasteiger partial charge >= 0.3 is 42.1 Å². The van der Waals surface area contributed by atoms with E-state index in [9.17, 15) is 87.5 Å². The number of aliphatic imine (C=N–C) groups is 2. The van der Waals surface area contributed by atoms with Crippen molar-refractivity contribution in [3.63, 3.8) is 0 Å². The number of unbranched alkanes of at least 4 members (excludes halogenated alkanes) is 9. The molecule has 1 heterocycles. The van der Waals surface area contributed by atoms with Crippen LogP contribution in [0.25, 0.3) is 0 Å². The third-order valence-electron chi connectivity index (χ3n) is 19.4. The van der Waals surface area contributed by atoms with Gasteiger partial charge in [0.1, 0.15) is 11.6 Å². The summed E-state index contributed by atoms with van der Waals surface area (Å²) >= 11 is 0. The van der Waals surface area contributed by atoms with E-state index in [-0.39, 0.29) is 158 Å². The number of nitrogens with two attached hydrogens (primary N) is 4. The molecule has 7 atom stereocenters. The lowest BCUT2D eigenvalue weighted by Crippen LogP contribution is -2.49. The van der Waals surface area contributed by atoms with Gasteiger partial charge in [-0.1, -0.05) is 112 Å². The Hall–Kier alpha value is -10.8. The molecule has 1 saturated heterocycles. The SMILES string of the molecule is CN1CCN(CC(=O)O)CCN(CC(=O)CCCCC[C@H](CC(=O)[C@H](CCCN=C(N)N)NC(=O)[C@H](CC(=O)O)CC(=O)[C@H](CCCN=C(N)N)NC(=O)[C@@H](CC(=O)[C@H](Cc2ccccc2)NC(=O)CCCCCCCCC(=O)CCCCC[C@H](CC(=O)NCCCC(=O)O)C(=O)O)Cc2ccccc2)C(=O)O)CC1.O=C=O.O=C=O. The largest absolute Gasteiger partial charge is 0.481 e. The third-order valence-corrected chi connectivity index (χ3v) is 19.4. The van der Waals surface area contributed by atoms with Crippen LogP contribution < -0.4 is 44.2 Å². The maximum Gasteiger partial charge on any atom is 0.373 e. The van der Waals surface area contributed by atoms with E-state index >= 15 is 0 Å². The fourth-order valence-electron chi connectivity index (χ4n) is 13.0. The topological polar surface area (TPSA) is 595 Å². The summed E-state index contributed by atoms with van der Waals surface area (Å²) in [4.78, 5) is 230. The Balaban J connectivity index is 0.0000108. The quantitative estimate of drug-likeness (QED) is 0.0257. The number of carbonyl (C=O) groups is 14. The van der Waals surface area contributed by atoms with E-state index in [1.54, 1.807) is 60.7 Å². The number of likely N-dealkylation sites (N-methyl/N-ethyl adjacent to an activating group) is 1. The molecule has 0 unspecified atom stereocenters. The number of carboxylic acid groups (broad SMARTS) is 5. The van der Waals surface area contributed by atoms with Crippen molar-refractivity contribution in [1.82, 2.24) is 36.0 Å². The number of carboxylic acids is 5. The van der Waals surface area contributed by atoms with Crippen LogP contribution in [0.2, 0.25) is 0 Å². The molecule has 3 rings (SSSR count). The van der Waals surface area contributed by atoms with Crippen LogP contribution in [0.4, 0.5) is 0 Å². The minimum atomic E-state index is -1.64. The Labute approximate surface area is 676 Å². The van der Waals surface area contributed by atoms with Gasteiger partial charge in [-0.15, -0.1) is 0 Å². The summed E-state index contributed by atoms with van der Waals surface area (Å²) in [5.74, 6) is -15.6. The zero-order chi connectivity index (χ0) is 86.6. The molecule has 36 heteroatoms. The summed E-state index contributed by atoms with van der Waals surface area (Å²) < 4.78 is 0. The zero-order valence-electron chi connectivity index (χ0n) is 66.6. The van der Waals surface area contributed by atoms with Crippen LogP contribution in [0.1, 0.15) is 197 Å². The van der Waals surface area contributed by atoms with E-state index in [2.05, 4.69) is 36.2 Å². The summed E-state index contributed by atoms with van der Waals surface area (Å²) in [6.45, 7) is 3.78. The molecule has 2 aromatic carbocycles. The summed E-state index contributed by atoms with van der Waals surface area (Å²) in [7, 11) is 1.94. The fourth-order valence-corrected chi connectivity index (χ4v) is 13.0. The molecule has 116 heavy (non-hydrogen) atoms. The van der Waals surface area contributed by atoms with Gasteiger partial charge in [0.25, 0.3) is 0 Å². The molecular weight excluding hydrogens is 1510 g/mol. The van der Waals surface area contributed by atoms with E-state index < -0.39 is 132 Å². The molecule has 0 saturated carbocycles. The summed E-state index contributed by atoms with van der Waals surface area (Å²) in [5.41, 5.74) is 23.7. The molecule has 1 aliphatic heterocycles. The van der Waals surface area contributed by atoms with Crippen molar-refractivity contribution in [2.75, 3.05) is 79.0 Å². The van der Waals surface area contributed by atoms with E-state index in [4.69, 9.17) is 47.2 Å². The van der Waals surface area contributed by atoms with E-state index in [1.165, 1.54) is 0 Å². The second-order valence-corrected chi connectivity index (χ2v) is 29.0. The number of rotatable bonds is 61. The summed E-state index contributed by atoms with van der Waals surface area (Å²) in [6.07, 6.45) is 6.55. The first kappa shape index (κ1) is 103. The molecule has 4 amide bonds. The number of amides is 4. The summed E-state index contributed by atoms with van der Waals surface area (Å²) in [5, 5.41) is 59.1. The van der Waals surface area contributed by atoms with Crippen LogP contribution in [0, 0.1) is 23.7 Å². The first-order valence-electron chi connectivity index (χ1n) is 39.5. The number of Topliss-reactive ketones (excluding diaryl/α,β-unsaturated/α-hetero) is 5. The van der Waals surface area contributed by atoms with Crippen LogP contribution in [0.5, 0.6) is 0 Å². The first-order chi connectivity index (χ1) is 55.3. The molecule has 2 aromatic rings. The third kappa shape index (κ3) is 51.8. The first-order valence-corrected chi connectivity index (χ1v) is 39.5. The van der Waals surface area contributed by atoms with E-state index in [1.807, 2.05) is 16.8 Å². The van der Waals surface area contributed by atoms with Gasteiger partial charge in [0.15, 0.2) is 29.3 Å². The van der Waals surface area contributed by atoms with Crippen molar-refractivity contribution in [2.45, 2.75) is 217 Å². The second kappa shape index (κ2) is 62.5. The molecule has 0 bridgehead atoms. The molecule has 0 aliphatic carbocycles. The average Bonchev–Trinajstić information content (AvgIpc) is 0.944. The van der Waals surface area contributed by atoms with Gasteiger partial charge in [-0.3, -0.25) is 86.9 Å². The van der Waals surface area contributed by atoms with Gasteiger partial charge in [0.05, 0.1) is 55.4 Å². The number of nitrogens with zero attached hydrogens (tertiary/aromatic N) is 5. The Bertz CT molecular complexity index is 3500. The van der Waals surface area contributed by atoms with Gasteiger partial charge in [-0.25, -0.2) is 0 Å². The number of carbonyl (C=O) groups excluding carboxylic acids is 13. The Kier molecular flexibility index (Phi) is 55.7.